The number of aromatic amines is 1. The van der Waals surface area contributed by atoms with Gasteiger partial charge in [0.25, 0.3) is 5.56 Å². The highest BCUT2D eigenvalue weighted by atomic mass is 35.5. The molecular weight excluding hydrogens is 350 g/mol. The largest absolute Gasteiger partial charge is 0.399 e. The lowest BCUT2D eigenvalue weighted by Gasteiger charge is -2.27. The van der Waals surface area contributed by atoms with Gasteiger partial charge < -0.3 is 10.7 Å². The van der Waals surface area contributed by atoms with E-state index in [0.29, 0.717) is 29.8 Å². The first-order valence-electron chi connectivity index (χ1n) is 8.40. The van der Waals surface area contributed by atoms with E-state index in [1.165, 1.54) is 0 Å². The van der Waals surface area contributed by atoms with Gasteiger partial charge in [0.1, 0.15) is 11.0 Å². The molecule has 0 bridgehead atoms. The van der Waals surface area contributed by atoms with Crippen LogP contribution in [0, 0.1) is 0 Å². The second-order valence-corrected chi connectivity index (χ2v) is 6.73. The zero-order valence-electron chi connectivity index (χ0n) is 14.1. The Balaban J connectivity index is 1.59. The molecule has 132 valence electrons. The van der Waals surface area contributed by atoms with Crippen LogP contribution in [0.25, 0.3) is 11.4 Å². The van der Waals surface area contributed by atoms with Crippen LogP contribution in [-0.4, -0.2) is 26.4 Å². The summed E-state index contributed by atoms with van der Waals surface area (Å²) in [7, 11) is 0. The third-order valence-corrected chi connectivity index (χ3v) is 4.90. The number of anilines is 1. The molecule has 4 rings (SSSR count). The fourth-order valence-electron chi connectivity index (χ4n) is 3.17. The summed E-state index contributed by atoms with van der Waals surface area (Å²) in [4.78, 5) is 26.5. The van der Waals surface area contributed by atoms with E-state index in [1.807, 2.05) is 24.3 Å². The Morgan fingerprint density at radius 2 is 2.04 bits per heavy atom. The van der Waals surface area contributed by atoms with Crippen LogP contribution in [0.4, 0.5) is 5.69 Å². The maximum absolute atomic E-state index is 12.6. The molecule has 0 aliphatic carbocycles. The Labute approximate surface area is 155 Å². The van der Waals surface area contributed by atoms with Crippen LogP contribution in [-0.2, 0) is 19.5 Å². The molecule has 1 aliphatic rings. The predicted molar refractivity (Wildman–Crippen MR) is 102 cm³/mol. The van der Waals surface area contributed by atoms with E-state index in [-0.39, 0.29) is 5.56 Å². The Morgan fingerprint density at radius 1 is 1.23 bits per heavy atom. The molecule has 0 spiro atoms. The first kappa shape index (κ1) is 16.8. The van der Waals surface area contributed by atoms with Crippen LogP contribution in [0.2, 0.25) is 5.15 Å². The van der Waals surface area contributed by atoms with Crippen LogP contribution < -0.4 is 11.3 Å². The summed E-state index contributed by atoms with van der Waals surface area (Å²) in [6, 6.07) is 11.1. The standard InChI is InChI=1S/C19H18ClN5O/c20-17-13(2-1-8-22-17)10-25-9-7-16-15(11-25)19(26)24-18(23-16)12-3-5-14(21)6-4-12/h1-6,8H,7,9-11,21H2,(H,23,24,26). The number of pyridine rings is 1. The van der Waals surface area contributed by atoms with E-state index in [0.717, 1.165) is 35.3 Å². The van der Waals surface area contributed by atoms with Crippen LogP contribution >= 0.6 is 11.6 Å². The number of benzene rings is 1. The fourth-order valence-corrected chi connectivity index (χ4v) is 3.35. The number of hydrogen-bond acceptors (Lipinski definition) is 5. The molecule has 3 N–H and O–H groups in total. The molecule has 0 amide bonds. The smallest absolute Gasteiger partial charge is 0.255 e. The van der Waals surface area contributed by atoms with E-state index < -0.39 is 0 Å². The second kappa shape index (κ2) is 6.90. The SMILES string of the molecule is Nc1ccc(-c2nc3c(c(=O)[nH]2)CN(Cc2cccnc2Cl)CC3)cc1. The quantitative estimate of drug-likeness (QED) is 0.548. The minimum Gasteiger partial charge on any atom is -0.399 e. The van der Waals surface area contributed by atoms with Gasteiger partial charge in [-0.05, 0) is 30.3 Å². The molecular formula is C19H18ClN5O. The van der Waals surface area contributed by atoms with Crippen molar-refractivity contribution in [3.05, 3.63) is 74.9 Å². The lowest BCUT2D eigenvalue weighted by molar-refractivity contribution is 0.241. The minimum absolute atomic E-state index is 0.0937. The third kappa shape index (κ3) is 3.34. The van der Waals surface area contributed by atoms with Crippen molar-refractivity contribution in [1.29, 1.82) is 0 Å². The van der Waals surface area contributed by atoms with Gasteiger partial charge in [0, 0.05) is 49.1 Å². The average molecular weight is 368 g/mol. The monoisotopic (exact) mass is 367 g/mol. The Kier molecular flexibility index (Phi) is 4.44. The maximum Gasteiger partial charge on any atom is 0.255 e. The summed E-state index contributed by atoms with van der Waals surface area (Å²) < 4.78 is 0. The van der Waals surface area contributed by atoms with E-state index in [1.54, 1.807) is 18.3 Å². The molecule has 26 heavy (non-hydrogen) atoms. The van der Waals surface area contributed by atoms with Gasteiger partial charge in [-0.15, -0.1) is 0 Å². The van der Waals surface area contributed by atoms with Gasteiger partial charge in [0.05, 0.1) is 11.3 Å². The summed E-state index contributed by atoms with van der Waals surface area (Å²) in [5, 5.41) is 0.504. The number of nitrogen functional groups attached to an aromatic ring is 1. The van der Waals surface area contributed by atoms with Gasteiger partial charge in [-0.1, -0.05) is 17.7 Å². The van der Waals surface area contributed by atoms with E-state index in [2.05, 4.69) is 19.9 Å². The lowest BCUT2D eigenvalue weighted by Crippen LogP contribution is -2.35. The van der Waals surface area contributed by atoms with E-state index in [4.69, 9.17) is 17.3 Å². The van der Waals surface area contributed by atoms with Gasteiger partial charge in [-0.2, -0.15) is 0 Å². The van der Waals surface area contributed by atoms with Crippen molar-refractivity contribution < 1.29 is 0 Å². The molecule has 6 nitrogen and oxygen atoms in total. The van der Waals surface area contributed by atoms with Gasteiger partial charge >= 0.3 is 0 Å². The fraction of sp³-hybridized carbons (Fsp3) is 0.211. The first-order chi connectivity index (χ1) is 12.6. The number of H-pyrrole nitrogens is 1. The Hall–Kier alpha value is -2.70. The molecule has 3 aromatic rings. The number of hydrogen-bond donors (Lipinski definition) is 2. The van der Waals surface area contributed by atoms with Crippen LogP contribution in [0.3, 0.4) is 0 Å². The van der Waals surface area contributed by atoms with Crippen LogP contribution in [0.5, 0.6) is 0 Å². The number of fused-ring (bicyclic) bond motifs is 1. The van der Waals surface area contributed by atoms with Gasteiger partial charge in [-0.25, -0.2) is 9.97 Å². The number of nitrogens with one attached hydrogen (secondary N) is 1. The van der Waals surface area contributed by atoms with Crippen molar-refractivity contribution in [2.24, 2.45) is 0 Å². The first-order valence-corrected chi connectivity index (χ1v) is 8.77. The number of nitrogens with zero attached hydrogens (tertiary/aromatic N) is 3. The topological polar surface area (TPSA) is 87.9 Å². The average Bonchev–Trinajstić information content (AvgIpc) is 2.64. The molecule has 2 aromatic heterocycles. The van der Waals surface area contributed by atoms with Crippen molar-refractivity contribution in [2.75, 3.05) is 12.3 Å². The number of nitrogens with two attached hydrogens (primary N) is 1. The highest BCUT2D eigenvalue weighted by Crippen LogP contribution is 2.22. The molecule has 0 atom stereocenters. The summed E-state index contributed by atoms with van der Waals surface area (Å²) in [5.41, 5.74) is 9.69. The zero-order chi connectivity index (χ0) is 18.1. The Morgan fingerprint density at radius 3 is 2.81 bits per heavy atom. The van der Waals surface area contributed by atoms with Gasteiger partial charge in [0.15, 0.2) is 0 Å². The summed E-state index contributed by atoms with van der Waals surface area (Å²) >= 11 is 6.15. The molecule has 0 fully saturated rings. The van der Waals surface area contributed by atoms with E-state index in [9.17, 15) is 4.79 Å². The lowest BCUT2D eigenvalue weighted by atomic mass is 10.1. The summed E-state index contributed by atoms with van der Waals surface area (Å²) in [6.07, 6.45) is 2.39. The minimum atomic E-state index is -0.0937. The van der Waals surface area contributed by atoms with Crippen molar-refractivity contribution in [1.82, 2.24) is 19.9 Å². The molecule has 0 unspecified atom stereocenters. The van der Waals surface area contributed by atoms with Crippen molar-refractivity contribution in [2.45, 2.75) is 19.5 Å². The Bertz CT molecular complexity index is 1000. The number of aromatic nitrogens is 3. The predicted octanol–water partition coefficient (Wildman–Crippen LogP) is 2.63. The molecule has 7 heteroatoms. The zero-order valence-corrected chi connectivity index (χ0v) is 14.8. The molecule has 0 saturated carbocycles. The van der Waals surface area contributed by atoms with Gasteiger partial charge in [-0.3, -0.25) is 9.69 Å². The van der Waals surface area contributed by atoms with Crippen molar-refractivity contribution in [3.63, 3.8) is 0 Å². The van der Waals surface area contributed by atoms with Crippen LogP contribution in [0.15, 0.2) is 47.4 Å². The second-order valence-electron chi connectivity index (χ2n) is 6.38. The van der Waals surface area contributed by atoms with Crippen LogP contribution in [0.1, 0.15) is 16.8 Å². The number of halogens is 1. The van der Waals surface area contributed by atoms with Crippen molar-refractivity contribution >= 4 is 17.3 Å². The summed E-state index contributed by atoms with van der Waals surface area (Å²) in [6.45, 7) is 2.02. The highest BCUT2D eigenvalue weighted by molar-refractivity contribution is 6.30. The molecule has 3 heterocycles. The summed E-state index contributed by atoms with van der Waals surface area (Å²) in [5.74, 6) is 0.581. The maximum atomic E-state index is 12.6. The molecule has 0 saturated heterocycles. The van der Waals surface area contributed by atoms with Crippen molar-refractivity contribution in [3.8, 4) is 11.4 Å². The molecule has 1 aliphatic heterocycles. The van der Waals surface area contributed by atoms with E-state index >= 15 is 0 Å². The number of rotatable bonds is 3. The normalized spacial score (nSPS) is 14.2. The molecule has 0 radical (unpaired) electrons. The highest BCUT2D eigenvalue weighted by Gasteiger charge is 2.22. The molecule has 1 aromatic carbocycles. The third-order valence-electron chi connectivity index (χ3n) is 4.56. The van der Waals surface area contributed by atoms with Gasteiger partial charge in [0.2, 0.25) is 0 Å².